The third-order valence-corrected chi connectivity index (χ3v) is 5.78. The van der Waals surface area contributed by atoms with Gasteiger partial charge in [-0.25, -0.2) is 4.98 Å². The summed E-state index contributed by atoms with van der Waals surface area (Å²) in [5.74, 6) is -0.861. The van der Waals surface area contributed by atoms with Crippen LogP contribution in [0, 0.1) is 6.92 Å². The largest absolute Gasteiger partial charge is 0.468 e. The molecular weight excluding hydrogens is 426 g/mol. The zero-order valence-electron chi connectivity index (χ0n) is 16.6. The fourth-order valence-corrected chi connectivity index (χ4v) is 3.83. The average molecular weight is 446 g/mol. The van der Waals surface area contributed by atoms with E-state index in [1.54, 1.807) is 43.3 Å². The van der Waals surface area contributed by atoms with Crippen LogP contribution < -0.4 is 10.9 Å². The maximum absolute atomic E-state index is 12.9. The Kier molecular flexibility index (Phi) is 6.79. The van der Waals surface area contributed by atoms with E-state index >= 15 is 0 Å². The lowest BCUT2D eigenvalue weighted by Gasteiger charge is -2.16. The summed E-state index contributed by atoms with van der Waals surface area (Å²) < 4.78 is 5.93. The number of amides is 1. The first-order valence-electron chi connectivity index (χ1n) is 9.10. The highest BCUT2D eigenvalue weighted by molar-refractivity contribution is 8.00. The highest BCUT2D eigenvalue weighted by Gasteiger charge is 2.21. The number of fused-ring (bicyclic) bond motifs is 1. The minimum absolute atomic E-state index is 0.259. The first-order chi connectivity index (χ1) is 14.3. The number of nitrogens with one attached hydrogen (secondary N) is 1. The van der Waals surface area contributed by atoms with Gasteiger partial charge in [0.05, 0.1) is 23.3 Å². The highest BCUT2D eigenvalue weighted by atomic mass is 35.5. The third kappa shape index (κ3) is 4.83. The molecule has 1 aromatic heterocycles. The number of aryl methyl sites for hydroxylation is 1. The number of benzene rings is 2. The number of carbonyl (C=O) groups excluding carboxylic acids is 2. The van der Waals surface area contributed by atoms with E-state index in [4.69, 9.17) is 16.3 Å². The second kappa shape index (κ2) is 9.32. The van der Waals surface area contributed by atoms with E-state index in [1.807, 2.05) is 13.0 Å². The third-order valence-electron chi connectivity index (χ3n) is 4.45. The Morgan fingerprint density at radius 2 is 2.00 bits per heavy atom. The number of methoxy groups -OCH3 is 1. The number of hydrogen-bond donors (Lipinski definition) is 1. The predicted molar refractivity (Wildman–Crippen MR) is 118 cm³/mol. The lowest BCUT2D eigenvalue weighted by Crippen LogP contribution is -2.29. The fourth-order valence-electron chi connectivity index (χ4n) is 2.75. The van der Waals surface area contributed by atoms with Gasteiger partial charge in [-0.05, 0) is 43.7 Å². The topological polar surface area (TPSA) is 90.3 Å². The second-order valence-corrected chi connectivity index (χ2v) is 8.33. The molecule has 0 saturated carbocycles. The number of hydrogen-bond acceptors (Lipinski definition) is 6. The molecule has 30 heavy (non-hydrogen) atoms. The van der Waals surface area contributed by atoms with Crippen LogP contribution in [-0.4, -0.2) is 33.8 Å². The molecule has 0 saturated heterocycles. The summed E-state index contributed by atoms with van der Waals surface area (Å²) in [6.07, 6.45) is 0. The van der Waals surface area contributed by atoms with E-state index in [-0.39, 0.29) is 23.2 Å². The molecule has 0 spiro atoms. The van der Waals surface area contributed by atoms with Crippen LogP contribution in [0.2, 0.25) is 5.02 Å². The summed E-state index contributed by atoms with van der Waals surface area (Å²) in [5, 5.41) is 3.40. The van der Waals surface area contributed by atoms with Crippen molar-refractivity contribution in [3.05, 3.63) is 63.4 Å². The summed E-state index contributed by atoms with van der Waals surface area (Å²) >= 11 is 7.11. The molecule has 1 heterocycles. The number of rotatable bonds is 6. The molecule has 7 nitrogen and oxygen atoms in total. The molecule has 1 amide bonds. The monoisotopic (exact) mass is 445 g/mol. The van der Waals surface area contributed by atoms with Crippen molar-refractivity contribution >= 4 is 51.8 Å². The molecule has 3 aromatic rings. The molecule has 156 valence electrons. The van der Waals surface area contributed by atoms with Crippen molar-refractivity contribution in [3.8, 4) is 0 Å². The van der Waals surface area contributed by atoms with Crippen LogP contribution >= 0.6 is 23.4 Å². The maximum atomic E-state index is 12.9. The number of para-hydroxylation sites is 1. The van der Waals surface area contributed by atoms with Crippen molar-refractivity contribution in [2.75, 3.05) is 12.4 Å². The van der Waals surface area contributed by atoms with E-state index in [9.17, 15) is 14.4 Å². The Hall–Kier alpha value is -2.84. The summed E-state index contributed by atoms with van der Waals surface area (Å²) in [6, 6.07) is 12.1. The van der Waals surface area contributed by atoms with Gasteiger partial charge in [0.2, 0.25) is 5.91 Å². The number of ether oxygens (including phenoxy) is 1. The standard InChI is InChI=1S/C21H20ClN3O4S/c1-12-8-9-14(22)10-17(12)23-19(27)13(2)30-21-24-16-7-5-4-6-15(16)20(28)25(21)11-18(26)29-3/h4-10,13H,11H2,1-3H3,(H,23,27). The van der Waals surface area contributed by atoms with Gasteiger partial charge in [-0.3, -0.25) is 19.0 Å². The Labute approximate surface area is 182 Å². The minimum Gasteiger partial charge on any atom is -0.468 e. The van der Waals surface area contributed by atoms with Crippen molar-refractivity contribution in [3.63, 3.8) is 0 Å². The number of nitrogens with zero attached hydrogens (tertiary/aromatic N) is 2. The van der Waals surface area contributed by atoms with Gasteiger partial charge in [-0.2, -0.15) is 0 Å². The van der Waals surface area contributed by atoms with Crippen LogP contribution in [0.25, 0.3) is 10.9 Å². The maximum Gasteiger partial charge on any atom is 0.325 e. The van der Waals surface area contributed by atoms with Crippen LogP contribution in [0.5, 0.6) is 0 Å². The molecule has 1 N–H and O–H groups in total. The number of anilines is 1. The quantitative estimate of drug-likeness (QED) is 0.354. The molecule has 0 bridgehead atoms. The van der Waals surface area contributed by atoms with Gasteiger partial charge in [0.25, 0.3) is 5.56 Å². The lowest BCUT2D eigenvalue weighted by atomic mass is 10.2. The van der Waals surface area contributed by atoms with Crippen molar-refractivity contribution in [2.45, 2.75) is 30.8 Å². The first-order valence-corrected chi connectivity index (χ1v) is 10.4. The molecule has 1 atom stereocenters. The molecule has 0 radical (unpaired) electrons. The van der Waals surface area contributed by atoms with Gasteiger partial charge < -0.3 is 10.1 Å². The molecule has 3 rings (SSSR count). The van der Waals surface area contributed by atoms with Crippen molar-refractivity contribution in [1.29, 1.82) is 0 Å². The van der Waals surface area contributed by atoms with E-state index < -0.39 is 11.2 Å². The zero-order valence-corrected chi connectivity index (χ0v) is 18.2. The first kappa shape index (κ1) is 21.9. The molecular formula is C21H20ClN3O4S. The normalized spacial score (nSPS) is 11.9. The molecule has 9 heteroatoms. The lowest BCUT2D eigenvalue weighted by molar-refractivity contribution is -0.141. The van der Waals surface area contributed by atoms with Gasteiger partial charge in [0.15, 0.2) is 5.16 Å². The molecule has 2 aromatic carbocycles. The number of thioether (sulfide) groups is 1. The Bertz CT molecular complexity index is 1180. The van der Waals surface area contributed by atoms with Gasteiger partial charge in [0.1, 0.15) is 6.54 Å². The molecule has 0 aliphatic rings. The van der Waals surface area contributed by atoms with Crippen molar-refractivity contribution in [2.24, 2.45) is 0 Å². The van der Waals surface area contributed by atoms with Gasteiger partial charge in [0, 0.05) is 10.7 Å². The average Bonchev–Trinajstić information content (AvgIpc) is 2.73. The van der Waals surface area contributed by atoms with Crippen LogP contribution in [0.15, 0.2) is 52.4 Å². The predicted octanol–water partition coefficient (Wildman–Crippen LogP) is 3.65. The van der Waals surface area contributed by atoms with Gasteiger partial charge in [-0.1, -0.05) is 41.6 Å². The molecule has 1 unspecified atom stereocenters. The summed E-state index contributed by atoms with van der Waals surface area (Å²) in [4.78, 5) is 42.0. The van der Waals surface area contributed by atoms with Crippen molar-refractivity contribution < 1.29 is 14.3 Å². The van der Waals surface area contributed by atoms with E-state index in [0.717, 1.165) is 17.3 Å². The molecule has 0 fully saturated rings. The van der Waals surface area contributed by atoms with Crippen LogP contribution in [0.4, 0.5) is 5.69 Å². The van der Waals surface area contributed by atoms with Crippen LogP contribution in [0.3, 0.4) is 0 Å². The Balaban J connectivity index is 1.92. The number of aromatic nitrogens is 2. The summed E-state index contributed by atoms with van der Waals surface area (Å²) in [7, 11) is 1.25. The SMILES string of the molecule is COC(=O)Cn1c(SC(C)C(=O)Nc2cc(Cl)ccc2C)nc2ccccc2c1=O. The number of carbonyl (C=O) groups is 2. The van der Waals surface area contributed by atoms with Crippen LogP contribution in [-0.2, 0) is 20.9 Å². The second-order valence-electron chi connectivity index (χ2n) is 6.59. The fraction of sp³-hybridized carbons (Fsp3) is 0.238. The summed E-state index contributed by atoms with van der Waals surface area (Å²) in [6.45, 7) is 3.27. The highest BCUT2D eigenvalue weighted by Crippen LogP contribution is 2.25. The Morgan fingerprint density at radius 1 is 1.27 bits per heavy atom. The number of esters is 1. The van der Waals surface area contributed by atoms with Crippen LogP contribution in [0.1, 0.15) is 12.5 Å². The minimum atomic E-state index is -0.597. The van der Waals surface area contributed by atoms with Crippen molar-refractivity contribution in [1.82, 2.24) is 9.55 Å². The Morgan fingerprint density at radius 3 is 2.73 bits per heavy atom. The van der Waals surface area contributed by atoms with Gasteiger partial charge >= 0.3 is 5.97 Å². The zero-order chi connectivity index (χ0) is 21.8. The molecule has 0 aliphatic carbocycles. The smallest absolute Gasteiger partial charge is 0.325 e. The number of halogens is 1. The van der Waals surface area contributed by atoms with Gasteiger partial charge in [-0.15, -0.1) is 0 Å². The van der Waals surface area contributed by atoms with E-state index in [2.05, 4.69) is 10.3 Å². The summed E-state index contributed by atoms with van der Waals surface area (Å²) in [5.41, 5.74) is 1.60. The van der Waals surface area contributed by atoms with E-state index in [0.29, 0.717) is 21.6 Å². The van der Waals surface area contributed by atoms with E-state index in [1.165, 1.54) is 11.7 Å². The molecule has 0 aliphatic heterocycles.